The molecule has 2 rings (SSSR count). The molecule has 0 radical (unpaired) electrons. The summed E-state index contributed by atoms with van der Waals surface area (Å²) in [5.41, 5.74) is 2.35. The molecule has 23 heavy (non-hydrogen) atoms. The molecule has 0 atom stereocenters. The number of aromatic nitrogens is 1. The number of hydrogen-bond donors (Lipinski definition) is 1. The molecule has 5 heteroatoms. The van der Waals surface area contributed by atoms with Crippen molar-refractivity contribution in [3.63, 3.8) is 0 Å². The van der Waals surface area contributed by atoms with E-state index in [1.807, 2.05) is 42.0 Å². The summed E-state index contributed by atoms with van der Waals surface area (Å²) in [5.74, 6) is -1.29. The molecule has 0 aliphatic heterocycles. The van der Waals surface area contributed by atoms with Gasteiger partial charge in [0.25, 0.3) is 0 Å². The molecule has 1 N–H and O–H groups in total. The normalized spacial score (nSPS) is 10.8. The third kappa shape index (κ3) is 4.85. The van der Waals surface area contributed by atoms with Gasteiger partial charge in [0, 0.05) is 24.5 Å². The number of carbonyl (C=O) groups excluding carboxylic acids is 1. The Morgan fingerprint density at radius 2 is 1.96 bits per heavy atom. The van der Waals surface area contributed by atoms with E-state index >= 15 is 0 Å². The smallest absolute Gasteiger partial charge is 0.338 e. The average molecular weight is 313 g/mol. The Hall–Kier alpha value is -2.82. The summed E-state index contributed by atoms with van der Waals surface area (Å²) < 4.78 is 7.02. The predicted octanol–water partition coefficient (Wildman–Crippen LogP) is 3.20. The monoisotopic (exact) mass is 313 g/mol. The number of benzene rings is 1. The van der Waals surface area contributed by atoms with Crippen LogP contribution in [0.2, 0.25) is 0 Å². The minimum absolute atomic E-state index is 0.315. The number of ether oxygens (including phenoxy) is 1. The fourth-order valence-electron chi connectivity index (χ4n) is 2.10. The number of nitrogens with zero attached hydrogens (tertiary/aromatic N) is 1. The maximum absolute atomic E-state index is 11.7. The van der Waals surface area contributed by atoms with Gasteiger partial charge in [-0.1, -0.05) is 19.1 Å². The van der Waals surface area contributed by atoms with Gasteiger partial charge in [0.2, 0.25) is 0 Å². The molecular weight excluding hydrogens is 294 g/mol. The number of aliphatic carboxylic acids is 1. The van der Waals surface area contributed by atoms with Gasteiger partial charge in [0.15, 0.2) is 0 Å². The molecule has 0 saturated heterocycles. The van der Waals surface area contributed by atoms with E-state index in [2.05, 4.69) is 0 Å². The number of carboxylic acid groups (broad SMARTS) is 1. The van der Waals surface area contributed by atoms with Crippen LogP contribution in [0.4, 0.5) is 0 Å². The highest BCUT2D eigenvalue weighted by Crippen LogP contribution is 2.11. The maximum Gasteiger partial charge on any atom is 0.338 e. The zero-order valence-corrected chi connectivity index (χ0v) is 12.9. The van der Waals surface area contributed by atoms with E-state index in [1.54, 1.807) is 18.2 Å². The van der Waals surface area contributed by atoms with Crippen LogP contribution in [-0.4, -0.2) is 28.2 Å². The summed E-state index contributed by atoms with van der Waals surface area (Å²) in [6.45, 7) is 2.96. The molecule has 0 amide bonds. The standard InChI is InChI=1S/C18H19NO4/c1-2-12-23-18(22)15-7-5-14(6-8-15)13-19-11-3-4-16(19)9-10-17(20)21/h3-11H,2,12-13H2,1H3,(H,20,21)/b10-9+. The van der Waals surface area contributed by atoms with Crippen molar-refractivity contribution in [2.75, 3.05) is 6.61 Å². The molecular formula is C18H19NO4. The lowest BCUT2D eigenvalue weighted by Crippen LogP contribution is -2.06. The minimum Gasteiger partial charge on any atom is -0.478 e. The Labute approximate surface area is 134 Å². The van der Waals surface area contributed by atoms with Crippen LogP contribution in [0.15, 0.2) is 48.7 Å². The Kier molecular flexibility index (Phi) is 5.74. The SMILES string of the molecule is CCCOC(=O)c1ccc(Cn2cccc2/C=C/C(=O)O)cc1. The maximum atomic E-state index is 11.7. The van der Waals surface area contributed by atoms with E-state index < -0.39 is 5.97 Å². The molecule has 0 unspecified atom stereocenters. The molecule has 2 aromatic rings. The van der Waals surface area contributed by atoms with Gasteiger partial charge < -0.3 is 14.4 Å². The van der Waals surface area contributed by atoms with Gasteiger partial charge in [-0.05, 0) is 42.3 Å². The molecule has 1 heterocycles. The second-order valence-corrected chi connectivity index (χ2v) is 5.07. The van der Waals surface area contributed by atoms with E-state index in [0.717, 1.165) is 23.8 Å². The zero-order chi connectivity index (χ0) is 16.7. The van der Waals surface area contributed by atoms with Crippen LogP contribution in [0.5, 0.6) is 0 Å². The van der Waals surface area contributed by atoms with Crippen molar-refractivity contribution in [3.05, 3.63) is 65.5 Å². The summed E-state index contributed by atoms with van der Waals surface area (Å²) in [5, 5.41) is 8.70. The number of hydrogen-bond acceptors (Lipinski definition) is 3. The van der Waals surface area contributed by atoms with Gasteiger partial charge in [-0.2, -0.15) is 0 Å². The topological polar surface area (TPSA) is 68.5 Å². The van der Waals surface area contributed by atoms with Crippen LogP contribution in [-0.2, 0) is 16.1 Å². The van der Waals surface area contributed by atoms with Crippen molar-refractivity contribution < 1.29 is 19.4 Å². The molecule has 0 spiro atoms. The third-order valence-electron chi connectivity index (χ3n) is 3.24. The first-order valence-electron chi connectivity index (χ1n) is 7.42. The summed E-state index contributed by atoms with van der Waals surface area (Å²) in [7, 11) is 0. The highest BCUT2D eigenvalue weighted by molar-refractivity contribution is 5.89. The molecule has 1 aromatic carbocycles. The van der Waals surface area contributed by atoms with Crippen LogP contribution in [0, 0.1) is 0 Å². The molecule has 0 aliphatic carbocycles. The molecule has 1 aromatic heterocycles. The highest BCUT2D eigenvalue weighted by atomic mass is 16.5. The van der Waals surface area contributed by atoms with E-state index in [-0.39, 0.29) is 5.97 Å². The van der Waals surface area contributed by atoms with E-state index in [1.165, 1.54) is 0 Å². The van der Waals surface area contributed by atoms with Crippen molar-refractivity contribution in [1.82, 2.24) is 4.57 Å². The third-order valence-corrected chi connectivity index (χ3v) is 3.24. The second-order valence-electron chi connectivity index (χ2n) is 5.07. The second kappa shape index (κ2) is 7.98. The van der Waals surface area contributed by atoms with Crippen LogP contribution >= 0.6 is 0 Å². The quantitative estimate of drug-likeness (QED) is 0.629. The van der Waals surface area contributed by atoms with Crippen molar-refractivity contribution in [2.45, 2.75) is 19.9 Å². The molecule has 0 bridgehead atoms. The number of rotatable bonds is 7. The molecule has 0 aliphatic rings. The van der Waals surface area contributed by atoms with E-state index in [9.17, 15) is 9.59 Å². The first-order chi connectivity index (χ1) is 11.1. The predicted molar refractivity (Wildman–Crippen MR) is 87.2 cm³/mol. The Bertz CT molecular complexity index is 698. The van der Waals surface area contributed by atoms with Crippen molar-refractivity contribution >= 4 is 18.0 Å². The van der Waals surface area contributed by atoms with Gasteiger partial charge in [0.05, 0.1) is 12.2 Å². The first kappa shape index (κ1) is 16.5. The summed E-state index contributed by atoms with van der Waals surface area (Å²) in [4.78, 5) is 22.3. The Morgan fingerprint density at radius 1 is 1.22 bits per heavy atom. The summed E-state index contributed by atoms with van der Waals surface area (Å²) in [6.07, 6.45) is 5.34. The van der Waals surface area contributed by atoms with E-state index in [0.29, 0.717) is 18.7 Å². The van der Waals surface area contributed by atoms with Gasteiger partial charge in [-0.3, -0.25) is 0 Å². The Morgan fingerprint density at radius 3 is 2.61 bits per heavy atom. The summed E-state index contributed by atoms with van der Waals surface area (Å²) in [6, 6.07) is 10.9. The molecule has 0 fully saturated rings. The van der Waals surface area contributed by atoms with Crippen molar-refractivity contribution in [3.8, 4) is 0 Å². The van der Waals surface area contributed by atoms with E-state index in [4.69, 9.17) is 9.84 Å². The van der Waals surface area contributed by atoms with Crippen molar-refractivity contribution in [2.24, 2.45) is 0 Å². The summed E-state index contributed by atoms with van der Waals surface area (Å²) >= 11 is 0. The van der Waals surface area contributed by atoms with Gasteiger partial charge in [-0.15, -0.1) is 0 Å². The fraction of sp³-hybridized carbons (Fsp3) is 0.222. The van der Waals surface area contributed by atoms with Crippen LogP contribution in [0.1, 0.15) is 35.0 Å². The lowest BCUT2D eigenvalue weighted by molar-refractivity contribution is -0.131. The van der Waals surface area contributed by atoms with Crippen LogP contribution in [0.25, 0.3) is 6.08 Å². The first-order valence-corrected chi connectivity index (χ1v) is 7.42. The van der Waals surface area contributed by atoms with Gasteiger partial charge in [0.1, 0.15) is 0 Å². The molecule has 0 saturated carbocycles. The van der Waals surface area contributed by atoms with Crippen LogP contribution in [0.3, 0.4) is 0 Å². The fourth-order valence-corrected chi connectivity index (χ4v) is 2.10. The largest absolute Gasteiger partial charge is 0.478 e. The number of carbonyl (C=O) groups is 2. The number of esters is 1. The lowest BCUT2D eigenvalue weighted by Gasteiger charge is -2.08. The minimum atomic E-state index is -0.979. The van der Waals surface area contributed by atoms with Crippen molar-refractivity contribution in [1.29, 1.82) is 0 Å². The van der Waals surface area contributed by atoms with Crippen LogP contribution < -0.4 is 0 Å². The lowest BCUT2D eigenvalue weighted by atomic mass is 10.1. The highest BCUT2D eigenvalue weighted by Gasteiger charge is 2.07. The Balaban J connectivity index is 2.06. The van der Waals surface area contributed by atoms with Gasteiger partial charge >= 0.3 is 11.9 Å². The molecule has 120 valence electrons. The average Bonchev–Trinajstić information content (AvgIpc) is 2.98. The number of carboxylic acids is 1. The zero-order valence-electron chi connectivity index (χ0n) is 12.9. The van der Waals surface area contributed by atoms with Gasteiger partial charge in [-0.25, -0.2) is 9.59 Å². The molecule has 5 nitrogen and oxygen atoms in total.